The van der Waals surface area contributed by atoms with E-state index in [1.165, 1.54) is 12.1 Å². The Morgan fingerprint density at radius 2 is 1.82 bits per heavy atom. The Morgan fingerprint density at radius 3 is 2.58 bits per heavy atom. The fraction of sp³-hybridized carbons (Fsp3) is 0.125. The zero-order valence-corrected chi connectivity index (χ0v) is 17.6. The lowest BCUT2D eigenvalue weighted by atomic mass is 10.0. The molecule has 33 heavy (non-hydrogen) atoms. The van der Waals surface area contributed by atoms with Crippen LogP contribution in [0.4, 0.5) is 13.2 Å². The predicted molar refractivity (Wildman–Crippen MR) is 118 cm³/mol. The van der Waals surface area contributed by atoms with Crippen LogP contribution in [0.1, 0.15) is 11.1 Å². The number of hydrogen-bond acceptors (Lipinski definition) is 4. The minimum Gasteiger partial charge on any atom is -0.323 e. The van der Waals surface area contributed by atoms with Crippen molar-refractivity contribution in [3.8, 4) is 22.5 Å². The third-order valence-corrected chi connectivity index (χ3v) is 5.36. The van der Waals surface area contributed by atoms with Gasteiger partial charge >= 0.3 is 0 Å². The average molecular weight is 448 g/mol. The molecule has 0 amide bonds. The summed E-state index contributed by atoms with van der Waals surface area (Å²) in [6, 6.07) is 10.5. The molecule has 5 rings (SSSR count). The highest BCUT2D eigenvalue weighted by molar-refractivity contribution is 5.91. The maximum absolute atomic E-state index is 14.8. The molecule has 5 aromatic rings. The normalized spacial score (nSPS) is 11.4. The smallest absolute Gasteiger partial charge is 0.159 e. The van der Waals surface area contributed by atoms with Crippen LogP contribution >= 0.6 is 0 Å². The third-order valence-electron chi connectivity index (χ3n) is 5.36. The molecule has 2 aromatic carbocycles. The van der Waals surface area contributed by atoms with Crippen LogP contribution in [0.15, 0.2) is 61.1 Å². The fourth-order valence-corrected chi connectivity index (χ4v) is 3.67. The van der Waals surface area contributed by atoms with Crippen LogP contribution in [0.5, 0.6) is 0 Å². The first-order valence-corrected chi connectivity index (χ1v) is 10.2. The second kappa shape index (κ2) is 8.51. The summed E-state index contributed by atoms with van der Waals surface area (Å²) in [4.78, 5) is 12.2. The summed E-state index contributed by atoms with van der Waals surface area (Å²) in [7, 11) is 1.83. The van der Waals surface area contributed by atoms with Gasteiger partial charge in [-0.25, -0.2) is 23.1 Å². The summed E-state index contributed by atoms with van der Waals surface area (Å²) in [6.45, 7) is 0.526. The van der Waals surface area contributed by atoms with Crippen LogP contribution in [0.25, 0.3) is 33.7 Å². The van der Waals surface area contributed by atoms with E-state index in [1.54, 1.807) is 29.2 Å². The number of fused-ring (bicyclic) bond motifs is 1. The third kappa shape index (κ3) is 4.22. The predicted octanol–water partition coefficient (Wildman–Crippen LogP) is 4.73. The lowest BCUT2D eigenvalue weighted by Gasteiger charge is -2.09. The molecular formula is C24H19F3N6. The maximum atomic E-state index is 14.8. The van der Waals surface area contributed by atoms with Gasteiger partial charge in [-0.2, -0.15) is 5.10 Å². The van der Waals surface area contributed by atoms with Crippen molar-refractivity contribution in [1.82, 2.24) is 30.0 Å². The molecule has 0 aliphatic carbocycles. The molecule has 2 N–H and O–H groups in total. The van der Waals surface area contributed by atoms with Crippen molar-refractivity contribution >= 4 is 11.2 Å². The highest BCUT2D eigenvalue weighted by atomic mass is 19.2. The zero-order chi connectivity index (χ0) is 22.9. The van der Waals surface area contributed by atoms with E-state index in [9.17, 15) is 13.2 Å². The van der Waals surface area contributed by atoms with Crippen LogP contribution in [-0.2, 0) is 20.1 Å². The van der Waals surface area contributed by atoms with Gasteiger partial charge in [0.25, 0.3) is 0 Å². The maximum Gasteiger partial charge on any atom is 0.159 e. The van der Waals surface area contributed by atoms with Crippen molar-refractivity contribution in [2.45, 2.75) is 13.1 Å². The fourth-order valence-electron chi connectivity index (χ4n) is 3.67. The minimum absolute atomic E-state index is 0.241. The molecular weight excluding hydrogens is 429 g/mol. The summed E-state index contributed by atoms with van der Waals surface area (Å²) in [5.41, 5.74) is 4.54. The van der Waals surface area contributed by atoms with E-state index >= 15 is 0 Å². The summed E-state index contributed by atoms with van der Waals surface area (Å²) < 4.78 is 42.9. The molecule has 6 nitrogen and oxygen atoms in total. The first-order chi connectivity index (χ1) is 16.0. The van der Waals surface area contributed by atoms with Crippen molar-refractivity contribution in [2.24, 2.45) is 7.05 Å². The second-order valence-electron chi connectivity index (χ2n) is 7.70. The number of imidazole rings is 1. The van der Waals surface area contributed by atoms with Gasteiger partial charge in [-0.3, -0.25) is 4.68 Å². The Morgan fingerprint density at radius 1 is 0.939 bits per heavy atom. The molecule has 0 saturated heterocycles. The molecule has 0 spiro atoms. The van der Waals surface area contributed by atoms with Gasteiger partial charge in [0.2, 0.25) is 0 Å². The summed E-state index contributed by atoms with van der Waals surface area (Å²) in [6.07, 6.45) is 5.20. The summed E-state index contributed by atoms with van der Waals surface area (Å²) in [5.74, 6) is -1.54. The number of aromatic amines is 1. The monoisotopic (exact) mass is 448 g/mol. The van der Waals surface area contributed by atoms with Crippen molar-refractivity contribution in [2.75, 3.05) is 0 Å². The van der Waals surface area contributed by atoms with Crippen LogP contribution in [0.2, 0.25) is 0 Å². The largest absolute Gasteiger partial charge is 0.323 e. The average Bonchev–Trinajstić information content (AvgIpc) is 3.43. The van der Waals surface area contributed by atoms with Crippen molar-refractivity contribution in [3.63, 3.8) is 0 Å². The lowest BCUT2D eigenvalue weighted by Crippen LogP contribution is -2.14. The Kier molecular flexibility index (Phi) is 5.39. The first-order valence-electron chi connectivity index (χ1n) is 10.2. The van der Waals surface area contributed by atoms with Gasteiger partial charge in [-0.05, 0) is 35.4 Å². The van der Waals surface area contributed by atoms with E-state index in [-0.39, 0.29) is 18.9 Å². The van der Waals surface area contributed by atoms with Gasteiger partial charge in [0.1, 0.15) is 17.2 Å². The van der Waals surface area contributed by atoms with Gasteiger partial charge in [0.05, 0.1) is 11.8 Å². The van der Waals surface area contributed by atoms with Crippen molar-refractivity contribution in [3.05, 3.63) is 89.6 Å². The number of halogens is 3. The summed E-state index contributed by atoms with van der Waals surface area (Å²) in [5, 5.41) is 7.22. The van der Waals surface area contributed by atoms with Crippen LogP contribution in [0.3, 0.4) is 0 Å². The number of hydrogen-bond donors (Lipinski definition) is 2. The zero-order valence-electron chi connectivity index (χ0n) is 17.6. The SMILES string of the molecule is Cn1cc(-c2nc3c(-c4ccc(CNCc5ccc(F)c(F)c5)c(F)c4)ccnc3[nH]2)cn1. The van der Waals surface area contributed by atoms with E-state index in [4.69, 9.17) is 0 Å². The topological polar surface area (TPSA) is 71.4 Å². The van der Waals surface area contributed by atoms with E-state index < -0.39 is 11.6 Å². The van der Waals surface area contributed by atoms with Crippen molar-refractivity contribution < 1.29 is 13.2 Å². The molecule has 0 atom stereocenters. The molecule has 0 aliphatic heterocycles. The Hall–Kier alpha value is -3.98. The molecule has 0 unspecified atom stereocenters. The number of aryl methyl sites for hydroxylation is 1. The number of nitrogens with zero attached hydrogens (tertiary/aromatic N) is 4. The quantitative estimate of drug-likeness (QED) is 0.394. The first kappa shape index (κ1) is 20.9. The highest BCUT2D eigenvalue weighted by Crippen LogP contribution is 2.29. The van der Waals surface area contributed by atoms with Gasteiger partial charge < -0.3 is 10.3 Å². The molecule has 3 heterocycles. The Bertz CT molecular complexity index is 1460. The standard InChI is InChI=1S/C24H19F3N6/c1-33-13-17(12-30-33)23-31-22-18(6-7-29-24(22)32-23)15-3-4-16(20(26)9-15)11-28-10-14-2-5-19(25)21(27)8-14/h2-9,12-13,28H,10-11H2,1H3,(H,29,31,32). The minimum atomic E-state index is -0.904. The number of aromatic nitrogens is 5. The van der Waals surface area contributed by atoms with E-state index in [0.717, 1.165) is 23.3 Å². The number of nitrogens with one attached hydrogen (secondary N) is 2. The number of benzene rings is 2. The van der Waals surface area contributed by atoms with E-state index in [1.807, 2.05) is 19.3 Å². The number of pyridine rings is 1. The molecule has 166 valence electrons. The van der Waals surface area contributed by atoms with Crippen LogP contribution in [0, 0.1) is 17.5 Å². The Balaban J connectivity index is 1.36. The molecule has 0 aliphatic rings. The van der Waals surface area contributed by atoms with Crippen LogP contribution in [-0.4, -0.2) is 24.7 Å². The van der Waals surface area contributed by atoms with Gasteiger partial charge in [0, 0.05) is 43.7 Å². The van der Waals surface area contributed by atoms with Crippen LogP contribution < -0.4 is 5.32 Å². The molecule has 0 radical (unpaired) electrons. The van der Waals surface area contributed by atoms with Crippen molar-refractivity contribution in [1.29, 1.82) is 0 Å². The molecule has 3 aromatic heterocycles. The Labute approximate surface area is 187 Å². The molecule has 0 fully saturated rings. The van der Waals surface area contributed by atoms with Gasteiger partial charge in [-0.15, -0.1) is 0 Å². The summed E-state index contributed by atoms with van der Waals surface area (Å²) >= 11 is 0. The van der Waals surface area contributed by atoms with Gasteiger partial charge in [0.15, 0.2) is 17.3 Å². The van der Waals surface area contributed by atoms with E-state index in [2.05, 4.69) is 25.4 Å². The molecule has 9 heteroatoms. The van der Waals surface area contributed by atoms with E-state index in [0.29, 0.717) is 33.7 Å². The molecule has 0 saturated carbocycles. The second-order valence-corrected chi connectivity index (χ2v) is 7.70. The number of H-pyrrole nitrogens is 1. The number of rotatable bonds is 6. The van der Waals surface area contributed by atoms with Gasteiger partial charge in [-0.1, -0.05) is 18.2 Å². The lowest BCUT2D eigenvalue weighted by molar-refractivity contribution is 0.505. The molecule has 0 bridgehead atoms. The highest BCUT2D eigenvalue weighted by Gasteiger charge is 2.14.